The van der Waals surface area contributed by atoms with Crippen molar-refractivity contribution < 1.29 is 24.5 Å². The minimum absolute atomic E-state index is 0.111. The maximum absolute atomic E-state index is 13.8. The Bertz CT molecular complexity index is 1600. The van der Waals surface area contributed by atoms with Crippen LogP contribution in [-0.2, 0) is 27.4 Å². The lowest BCUT2D eigenvalue weighted by atomic mass is 9.46. The summed E-state index contributed by atoms with van der Waals surface area (Å²) in [5, 5.41) is 23.6. The van der Waals surface area contributed by atoms with E-state index >= 15 is 0 Å². The predicted octanol–water partition coefficient (Wildman–Crippen LogP) is 2.91. The highest BCUT2D eigenvalue weighted by atomic mass is 35.5. The Balaban J connectivity index is 1.49. The molecule has 0 spiro atoms. The third kappa shape index (κ3) is 3.75. The van der Waals surface area contributed by atoms with E-state index in [1.807, 2.05) is 45.0 Å². The zero-order valence-electron chi connectivity index (χ0n) is 24.1. The Hall–Kier alpha value is -3.01. The number of benzene rings is 1. The molecule has 9 nitrogen and oxygen atoms in total. The van der Waals surface area contributed by atoms with Gasteiger partial charge in [-0.1, -0.05) is 57.2 Å². The second-order valence-corrected chi connectivity index (χ2v) is 13.2. The number of aromatic nitrogens is 2. The van der Waals surface area contributed by atoms with Crippen LogP contribution >= 0.6 is 11.6 Å². The molecule has 0 amide bonds. The average molecular weight is 597 g/mol. The predicted molar refractivity (Wildman–Crippen MR) is 156 cm³/mol. The van der Waals surface area contributed by atoms with Gasteiger partial charge in [0.25, 0.3) is 11.1 Å². The highest BCUT2D eigenvalue weighted by Gasteiger charge is 2.78. The zero-order chi connectivity index (χ0) is 30.2. The van der Waals surface area contributed by atoms with Crippen LogP contribution in [0, 0.1) is 28.6 Å². The minimum atomic E-state index is -1.93. The number of aliphatic hydroxyl groups is 2. The van der Waals surface area contributed by atoms with Gasteiger partial charge in [-0.15, -0.1) is 11.6 Å². The Kier molecular flexibility index (Phi) is 6.94. The number of ether oxygens (including phenoxy) is 1. The van der Waals surface area contributed by atoms with E-state index in [0.29, 0.717) is 30.4 Å². The number of carbonyl (C=O) groups excluding carboxylic acids is 2. The summed E-state index contributed by atoms with van der Waals surface area (Å²) in [6, 6.07) is 10.4. The van der Waals surface area contributed by atoms with Crippen LogP contribution in [0.4, 0.5) is 0 Å². The molecular weight excluding hydrogens is 560 g/mol. The molecule has 2 N–H and O–H groups in total. The van der Waals surface area contributed by atoms with Crippen LogP contribution in [0.5, 0.6) is 0 Å². The summed E-state index contributed by atoms with van der Waals surface area (Å²) in [6.45, 7) is 6.08. The standard InChI is InChI=1S/C32H37ClN2O7/c1-18-9-11-31-15-24(36)28(39)32(31,41)30(18,3)25(42-27(38)16-33)13-22(19(31)2)21-10-12-34-26(37)14-23(29(40)35(34)17-21)20-7-5-4-6-8-20/h4-8,10,14,18-19,22,24-25,36,41H,9,11-13,15-17H2,1-3H3/t18?,19-,22+,24-,25+,30-,31-,32+/m0/s1. The smallest absolute Gasteiger partial charge is 0.321 e. The number of ketones is 1. The Labute approximate surface area is 248 Å². The minimum Gasteiger partial charge on any atom is -0.461 e. The van der Waals surface area contributed by atoms with E-state index in [9.17, 15) is 29.4 Å². The van der Waals surface area contributed by atoms with Gasteiger partial charge >= 0.3 is 5.97 Å². The number of alkyl halides is 1. The van der Waals surface area contributed by atoms with Gasteiger partial charge in [0.2, 0.25) is 0 Å². The van der Waals surface area contributed by atoms with Crippen LogP contribution in [0.15, 0.2) is 57.6 Å². The molecule has 0 radical (unpaired) electrons. The first kappa shape index (κ1) is 29.1. The van der Waals surface area contributed by atoms with Crippen LogP contribution in [0.3, 0.4) is 0 Å². The lowest BCUT2D eigenvalue weighted by Gasteiger charge is -2.60. The third-order valence-electron chi connectivity index (χ3n) is 11.5. The number of allylic oxidation sites excluding steroid dienone is 2. The van der Waals surface area contributed by atoms with Gasteiger partial charge in [-0.3, -0.25) is 19.2 Å². The molecule has 8 atom stereocenters. The van der Waals surface area contributed by atoms with E-state index in [0.717, 1.165) is 5.57 Å². The van der Waals surface area contributed by atoms with Crippen molar-refractivity contribution >= 4 is 23.4 Å². The molecule has 10 heteroatoms. The van der Waals surface area contributed by atoms with Gasteiger partial charge in [0.15, 0.2) is 5.78 Å². The maximum atomic E-state index is 13.8. The summed E-state index contributed by atoms with van der Waals surface area (Å²) in [6.07, 6.45) is 1.36. The molecule has 42 heavy (non-hydrogen) atoms. The SMILES string of the molecule is CC1CC[C@@]23C[C@H](O)C(=O)[C@@]2(O)[C@]1(C)[C@H](OC(=O)CCl)C[C@@H](C1=CCn2c(=O)cc(-c4ccccc4)c(=O)n2C1)[C@@H]3C. The molecule has 0 saturated heterocycles. The molecular formula is C32H37ClN2O7. The quantitative estimate of drug-likeness (QED) is 0.316. The highest BCUT2D eigenvalue weighted by molar-refractivity contribution is 6.26. The molecule has 1 aromatic carbocycles. The lowest BCUT2D eigenvalue weighted by molar-refractivity contribution is -0.234. The highest BCUT2D eigenvalue weighted by Crippen LogP contribution is 2.70. The number of aliphatic hydroxyl groups excluding tert-OH is 1. The maximum Gasteiger partial charge on any atom is 0.321 e. The summed E-state index contributed by atoms with van der Waals surface area (Å²) in [7, 11) is 0. The van der Waals surface area contributed by atoms with Gasteiger partial charge in [-0.25, -0.2) is 9.36 Å². The van der Waals surface area contributed by atoms with Crippen LogP contribution < -0.4 is 11.1 Å². The van der Waals surface area contributed by atoms with Crippen LogP contribution in [0.2, 0.25) is 0 Å². The van der Waals surface area contributed by atoms with Gasteiger partial charge in [0.1, 0.15) is 23.7 Å². The fourth-order valence-electron chi connectivity index (χ4n) is 8.99. The van der Waals surface area contributed by atoms with Crippen molar-refractivity contribution in [2.45, 2.75) is 77.4 Å². The van der Waals surface area contributed by atoms with Gasteiger partial charge in [0.05, 0.1) is 18.7 Å². The number of carbonyl (C=O) groups is 2. The summed E-state index contributed by atoms with van der Waals surface area (Å²) in [4.78, 5) is 53.3. The van der Waals surface area contributed by atoms with Crippen molar-refractivity contribution in [1.82, 2.24) is 9.36 Å². The second-order valence-electron chi connectivity index (χ2n) is 12.9. The van der Waals surface area contributed by atoms with Gasteiger partial charge < -0.3 is 14.9 Å². The molecule has 3 aliphatic carbocycles. The van der Waals surface area contributed by atoms with Crippen molar-refractivity contribution in [3.8, 4) is 11.1 Å². The summed E-state index contributed by atoms with van der Waals surface area (Å²) in [5.41, 5.74) is -2.81. The second kappa shape index (κ2) is 10.0. The van der Waals surface area contributed by atoms with Crippen molar-refractivity contribution in [2.75, 3.05) is 5.88 Å². The Morgan fingerprint density at radius 1 is 1.14 bits per heavy atom. The van der Waals surface area contributed by atoms with Crippen molar-refractivity contribution in [3.63, 3.8) is 0 Å². The van der Waals surface area contributed by atoms with Crippen LogP contribution in [0.25, 0.3) is 11.1 Å². The first-order valence-corrected chi connectivity index (χ1v) is 15.2. The van der Waals surface area contributed by atoms with E-state index in [1.165, 1.54) is 15.4 Å². The summed E-state index contributed by atoms with van der Waals surface area (Å²) in [5.74, 6) is -2.46. The summed E-state index contributed by atoms with van der Waals surface area (Å²) < 4.78 is 8.86. The topological polar surface area (TPSA) is 128 Å². The molecule has 3 fully saturated rings. The number of nitrogens with zero attached hydrogens (tertiary/aromatic N) is 2. The number of halogens is 1. The average Bonchev–Trinajstić information content (AvgIpc) is 3.19. The number of rotatable bonds is 4. The number of fused-ring (bicyclic) bond motifs is 1. The molecule has 1 aromatic heterocycles. The van der Waals surface area contributed by atoms with E-state index < -0.39 is 40.4 Å². The Morgan fingerprint density at radius 3 is 2.55 bits per heavy atom. The number of hydrogen-bond acceptors (Lipinski definition) is 7. The van der Waals surface area contributed by atoms with Gasteiger partial charge in [-0.05, 0) is 54.6 Å². The summed E-state index contributed by atoms with van der Waals surface area (Å²) >= 11 is 5.87. The largest absolute Gasteiger partial charge is 0.461 e. The first-order chi connectivity index (χ1) is 19.9. The molecule has 1 aliphatic heterocycles. The third-order valence-corrected chi connectivity index (χ3v) is 11.7. The normalized spacial score (nSPS) is 37.3. The van der Waals surface area contributed by atoms with Crippen LogP contribution in [-0.4, -0.2) is 55.0 Å². The fraction of sp³-hybridized carbons (Fsp3) is 0.562. The molecule has 6 rings (SSSR count). The Morgan fingerprint density at radius 2 is 1.86 bits per heavy atom. The molecule has 2 heterocycles. The van der Waals surface area contributed by atoms with Crippen molar-refractivity contribution in [2.24, 2.45) is 28.6 Å². The zero-order valence-corrected chi connectivity index (χ0v) is 24.8. The number of esters is 1. The molecule has 2 bridgehead atoms. The van der Waals surface area contributed by atoms with E-state index in [-0.39, 0.29) is 54.3 Å². The number of hydrogen-bond donors (Lipinski definition) is 2. The lowest BCUT2D eigenvalue weighted by Crippen LogP contribution is -2.69. The molecule has 224 valence electrons. The van der Waals surface area contributed by atoms with Crippen LogP contribution in [0.1, 0.15) is 46.5 Å². The first-order valence-electron chi connectivity index (χ1n) is 14.7. The molecule has 3 saturated carbocycles. The monoisotopic (exact) mass is 596 g/mol. The van der Waals surface area contributed by atoms with Gasteiger partial charge in [0, 0.05) is 16.9 Å². The van der Waals surface area contributed by atoms with Crippen molar-refractivity contribution in [1.29, 1.82) is 0 Å². The fourth-order valence-corrected chi connectivity index (χ4v) is 9.05. The molecule has 2 aromatic rings. The molecule has 1 unspecified atom stereocenters. The van der Waals surface area contributed by atoms with E-state index in [1.54, 1.807) is 12.1 Å². The van der Waals surface area contributed by atoms with Crippen molar-refractivity contribution in [3.05, 3.63) is 68.8 Å². The molecule has 4 aliphatic rings. The van der Waals surface area contributed by atoms with Gasteiger partial charge in [-0.2, -0.15) is 0 Å². The van der Waals surface area contributed by atoms with E-state index in [4.69, 9.17) is 16.3 Å². The number of Topliss-reactive ketones (excluding diaryl/α,β-unsaturated/α-hetero) is 1. The van der Waals surface area contributed by atoms with E-state index in [2.05, 4.69) is 0 Å².